The van der Waals surface area contributed by atoms with E-state index in [0.717, 1.165) is 28.7 Å². The summed E-state index contributed by atoms with van der Waals surface area (Å²) < 4.78 is 4.90. The van der Waals surface area contributed by atoms with Crippen LogP contribution in [-0.2, 0) is 9.53 Å². The topological polar surface area (TPSA) is 71.3 Å². The molecule has 2 atom stereocenters. The Kier molecular flexibility index (Phi) is 3.62. The number of aromatic amines is 1. The van der Waals surface area contributed by atoms with Crippen molar-refractivity contribution in [3.8, 4) is 0 Å². The molecule has 2 unspecified atom stereocenters. The van der Waals surface area contributed by atoms with Gasteiger partial charge in [-0.15, -0.1) is 0 Å². The second kappa shape index (κ2) is 5.65. The molecule has 5 nitrogen and oxygen atoms in total. The average molecular weight is 313 g/mol. The summed E-state index contributed by atoms with van der Waals surface area (Å²) in [5.74, 6) is 0.726. The highest BCUT2D eigenvalue weighted by Crippen LogP contribution is 2.42. The third-order valence-electron chi connectivity index (χ3n) is 5.57. The van der Waals surface area contributed by atoms with E-state index in [0.29, 0.717) is 11.8 Å². The number of fused-ring (bicyclic) bond motifs is 4. The Morgan fingerprint density at radius 3 is 2.74 bits per heavy atom. The number of nitrogens with two attached hydrogens (primary N) is 1. The summed E-state index contributed by atoms with van der Waals surface area (Å²) in [6.45, 7) is 3.44. The van der Waals surface area contributed by atoms with Gasteiger partial charge in [0.1, 0.15) is 6.04 Å². The molecule has 3 aliphatic rings. The van der Waals surface area contributed by atoms with Crippen LogP contribution in [0.25, 0.3) is 10.9 Å². The first-order valence-corrected chi connectivity index (χ1v) is 8.35. The quantitative estimate of drug-likeness (QED) is 0.852. The van der Waals surface area contributed by atoms with Crippen LogP contribution in [0.2, 0.25) is 0 Å². The first-order valence-electron chi connectivity index (χ1n) is 8.35. The van der Waals surface area contributed by atoms with Gasteiger partial charge in [0.2, 0.25) is 0 Å². The van der Waals surface area contributed by atoms with Gasteiger partial charge in [0.25, 0.3) is 0 Å². The normalized spacial score (nSPS) is 28.0. The summed E-state index contributed by atoms with van der Waals surface area (Å²) in [7, 11) is 1.39. The molecule has 0 amide bonds. The summed E-state index contributed by atoms with van der Waals surface area (Å²) in [5.41, 5.74) is 9.37. The number of hydrogen-bond donors (Lipinski definition) is 2. The Morgan fingerprint density at radius 2 is 2.09 bits per heavy atom. The molecule has 0 radical (unpaired) electrons. The van der Waals surface area contributed by atoms with Crippen LogP contribution in [0.15, 0.2) is 24.3 Å². The number of carbonyl (C=O) groups excluding carboxylic acids is 1. The summed E-state index contributed by atoms with van der Waals surface area (Å²) in [6.07, 6.45) is 2.46. The van der Waals surface area contributed by atoms with E-state index < -0.39 is 6.04 Å². The van der Waals surface area contributed by atoms with Crippen molar-refractivity contribution in [3.63, 3.8) is 0 Å². The molecule has 4 heterocycles. The van der Waals surface area contributed by atoms with Gasteiger partial charge in [0.15, 0.2) is 0 Å². The van der Waals surface area contributed by atoms with Crippen molar-refractivity contribution in [1.82, 2.24) is 9.88 Å². The monoisotopic (exact) mass is 313 g/mol. The van der Waals surface area contributed by atoms with E-state index in [1.165, 1.54) is 33.0 Å². The maximum atomic E-state index is 12.1. The number of aromatic nitrogens is 1. The predicted octanol–water partition coefficient (Wildman–Crippen LogP) is 2.15. The predicted molar refractivity (Wildman–Crippen MR) is 89.1 cm³/mol. The molecule has 1 aromatic carbocycles. The number of methoxy groups -OCH3 is 1. The standard InChI is InChI=1S/C18H23N3O2/c1-23-18(22)16(19)15-12-4-2-3-5-14(12)20-17(15)13-10-21-8-6-11(13)7-9-21/h2-5,11,13,16,20H,6-10,19H2,1H3. The van der Waals surface area contributed by atoms with Gasteiger partial charge in [0, 0.05) is 34.6 Å². The Bertz CT molecular complexity index is 731. The third-order valence-corrected chi connectivity index (χ3v) is 5.57. The van der Waals surface area contributed by atoms with Gasteiger partial charge >= 0.3 is 5.97 Å². The van der Waals surface area contributed by atoms with E-state index in [1.54, 1.807) is 0 Å². The molecule has 2 bridgehead atoms. The van der Waals surface area contributed by atoms with Crippen molar-refractivity contribution in [3.05, 3.63) is 35.5 Å². The number of rotatable bonds is 3. The molecular formula is C18H23N3O2. The van der Waals surface area contributed by atoms with E-state index in [9.17, 15) is 4.79 Å². The van der Waals surface area contributed by atoms with Crippen molar-refractivity contribution in [2.75, 3.05) is 26.7 Å². The third kappa shape index (κ3) is 2.35. The molecule has 23 heavy (non-hydrogen) atoms. The number of nitrogens with zero attached hydrogens (tertiary/aromatic N) is 1. The summed E-state index contributed by atoms with van der Waals surface area (Å²) in [6, 6.07) is 7.35. The van der Waals surface area contributed by atoms with Gasteiger partial charge in [-0.2, -0.15) is 0 Å². The van der Waals surface area contributed by atoms with E-state index in [4.69, 9.17) is 10.5 Å². The number of ether oxygens (including phenoxy) is 1. The number of esters is 1. The molecule has 1 aromatic heterocycles. The van der Waals surface area contributed by atoms with Crippen molar-refractivity contribution >= 4 is 16.9 Å². The Labute approximate surface area is 135 Å². The number of nitrogens with one attached hydrogen (secondary N) is 1. The molecule has 3 N–H and O–H groups in total. The summed E-state index contributed by atoms with van der Waals surface area (Å²) >= 11 is 0. The fourth-order valence-electron chi connectivity index (χ4n) is 4.35. The molecular weight excluding hydrogens is 290 g/mol. The molecule has 0 aliphatic carbocycles. The highest BCUT2D eigenvalue weighted by molar-refractivity contribution is 5.91. The minimum Gasteiger partial charge on any atom is -0.468 e. The molecule has 5 heteroatoms. The van der Waals surface area contributed by atoms with Crippen molar-refractivity contribution in [1.29, 1.82) is 0 Å². The number of benzene rings is 1. The first-order chi connectivity index (χ1) is 11.2. The van der Waals surface area contributed by atoms with Gasteiger partial charge in [-0.25, -0.2) is 0 Å². The van der Waals surface area contributed by atoms with Gasteiger partial charge in [-0.05, 0) is 37.9 Å². The molecule has 2 aromatic rings. The van der Waals surface area contributed by atoms with E-state index in [-0.39, 0.29) is 5.97 Å². The van der Waals surface area contributed by atoms with Crippen molar-refractivity contribution in [2.24, 2.45) is 11.7 Å². The largest absolute Gasteiger partial charge is 0.468 e. The zero-order valence-electron chi connectivity index (χ0n) is 13.4. The molecule has 122 valence electrons. The second-order valence-corrected chi connectivity index (χ2v) is 6.74. The minimum atomic E-state index is -0.735. The van der Waals surface area contributed by atoms with E-state index >= 15 is 0 Å². The fourth-order valence-corrected chi connectivity index (χ4v) is 4.35. The zero-order valence-corrected chi connectivity index (χ0v) is 13.4. The average Bonchev–Trinajstić information content (AvgIpc) is 3.00. The lowest BCUT2D eigenvalue weighted by atomic mass is 9.76. The van der Waals surface area contributed by atoms with Crippen LogP contribution in [0.1, 0.15) is 36.1 Å². The second-order valence-electron chi connectivity index (χ2n) is 6.74. The molecule has 0 saturated carbocycles. The molecule has 3 aliphatic heterocycles. The van der Waals surface area contributed by atoms with Crippen LogP contribution in [-0.4, -0.2) is 42.6 Å². The van der Waals surface area contributed by atoms with Crippen LogP contribution < -0.4 is 5.73 Å². The van der Waals surface area contributed by atoms with E-state index in [1.807, 2.05) is 24.3 Å². The zero-order chi connectivity index (χ0) is 16.0. The Hall–Kier alpha value is -1.85. The highest BCUT2D eigenvalue weighted by Gasteiger charge is 2.38. The fraction of sp³-hybridized carbons (Fsp3) is 0.500. The maximum Gasteiger partial charge on any atom is 0.327 e. The number of H-pyrrole nitrogens is 1. The van der Waals surface area contributed by atoms with Gasteiger partial charge in [-0.1, -0.05) is 18.2 Å². The van der Waals surface area contributed by atoms with Gasteiger partial charge in [0.05, 0.1) is 7.11 Å². The lowest BCUT2D eigenvalue weighted by Crippen LogP contribution is -2.46. The van der Waals surface area contributed by atoms with Crippen LogP contribution in [0.4, 0.5) is 0 Å². The highest BCUT2D eigenvalue weighted by atomic mass is 16.5. The van der Waals surface area contributed by atoms with Gasteiger partial charge in [-0.3, -0.25) is 4.79 Å². The Morgan fingerprint density at radius 1 is 1.35 bits per heavy atom. The van der Waals surface area contributed by atoms with Crippen LogP contribution in [0.5, 0.6) is 0 Å². The summed E-state index contributed by atoms with van der Waals surface area (Å²) in [4.78, 5) is 18.2. The molecule has 5 rings (SSSR count). The minimum absolute atomic E-state index is 0.378. The smallest absolute Gasteiger partial charge is 0.327 e. The number of piperidine rings is 3. The van der Waals surface area contributed by atoms with Crippen LogP contribution >= 0.6 is 0 Å². The SMILES string of the molecule is COC(=O)C(N)c1c(C2CN3CCC2CC3)[nH]c2ccccc12. The van der Waals surface area contributed by atoms with E-state index in [2.05, 4.69) is 9.88 Å². The van der Waals surface area contributed by atoms with Crippen LogP contribution in [0.3, 0.4) is 0 Å². The number of para-hydroxylation sites is 1. The molecule has 3 fully saturated rings. The first kappa shape index (κ1) is 14.7. The number of hydrogen-bond acceptors (Lipinski definition) is 4. The molecule has 3 saturated heterocycles. The summed E-state index contributed by atoms with van der Waals surface area (Å²) in [5, 5.41) is 1.04. The maximum absolute atomic E-state index is 12.1. The Balaban J connectivity index is 1.84. The lowest BCUT2D eigenvalue weighted by Gasteiger charge is -2.45. The molecule has 0 spiro atoms. The van der Waals surface area contributed by atoms with Crippen molar-refractivity contribution < 1.29 is 9.53 Å². The number of carbonyl (C=O) groups is 1. The van der Waals surface area contributed by atoms with Crippen LogP contribution in [0, 0.1) is 5.92 Å². The lowest BCUT2D eigenvalue weighted by molar-refractivity contribution is -0.142. The van der Waals surface area contributed by atoms with Gasteiger partial charge < -0.3 is 20.4 Å². The van der Waals surface area contributed by atoms with Crippen molar-refractivity contribution in [2.45, 2.75) is 24.8 Å².